The van der Waals surface area contributed by atoms with Crippen LogP contribution in [0.15, 0.2) is 0 Å². The predicted molar refractivity (Wildman–Crippen MR) is 84.0 cm³/mol. The van der Waals surface area contributed by atoms with Crippen molar-refractivity contribution in [3.63, 3.8) is 0 Å². The van der Waals surface area contributed by atoms with Crippen molar-refractivity contribution in [3.8, 4) is 0 Å². The van der Waals surface area contributed by atoms with Crippen LogP contribution in [-0.4, -0.2) is 30.8 Å². The molecule has 24 heavy (non-hydrogen) atoms. The lowest BCUT2D eigenvalue weighted by atomic mass is 9.46. The molecule has 0 amide bonds. The van der Waals surface area contributed by atoms with Gasteiger partial charge in [0.25, 0.3) is 0 Å². The van der Waals surface area contributed by atoms with E-state index in [0.717, 1.165) is 25.7 Å². The van der Waals surface area contributed by atoms with Crippen LogP contribution < -0.4 is 0 Å². The first-order chi connectivity index (χ1) is 10.6. The zero-order chi connectivity index (χ0) is 18.6. The largest absolute Gasteiger partial charge is 0.465 e. The van der Waals surface area contributed by atoms with Gasteiger partial charge in [-0.05, 0) is 48.9 Å². The van der Waals surface area contributed by atoms with Crippen molar-refractivity contribution >= 4 is 16.1 Å². The fourth-order valence-corrected chi connectivity index (χ4v) is 5.94. The maximum Gasteiger partial charge on any atom is 0.465 e. The van der Waals surface area contributed by atoms with Crippen LogP contribution in [-0.2, 0) is 19.6 Å². The molecular formula is C16H26F2O5S. The third kappa shape index (κ3) is 3.74. The Kier molecular flexibility index (Phi) is 4.58. The number of carbonyl (C=O) groups is 1. The van der Waals surface area contributed by atoms with E-state index < -0.39 is 26.8 Å². The molecule has 3 saturated carbocycles. The molecule has 0 aromatic carbocycles. The van der Waals surface area contributed by atoms with Crippen molar-refractivity contribution in [1.29, 1.82) is 0 Å². The van der Waals surface area contributed by atoms with Crippen LogP contribution in [0.2, 0.25) is 0 Å². The molecule has 0 saturated heterocycles. The first-order valence-electron chi connectivity index (χ1n) is 8.12. The third-order valence-corrected chi connectivity index (χ3v) is 6.17. The average molecular weight is 368 g/mol. The third-order valence-electron chi connectivity index (χ3n) is 5.36. The summed E-state index contributed by atoms with van der Waals surface area (Å²) < 4.78 is 61.0. The molecule has 3 aliphatic rings. The van der Waals surface area contributed by atoms with Gasteiger partial charge in [0, 0.05) is 5.41 Å². The summed E-state index contributed by atoms with van der Waals surface area (Å²) in [4.78, 5) is 11.4. The molecule has 8 heteroatoms. The van der Waals surface area contributed by atoms with Gasteiger partial charge in [-0.2, -0.15) is 17.2 Å². The summed E-state index contributed by atoms with van der Waals surface area (Å²) >= 11 is 0. The quantitative estimate of drug-likeness (QED) is 0.605. The lowest BCUT2D eigenvalue weighted by molar-refractivity contribution is -0.169. The Morgan fingerprint density at radius 3 is 2.21 bits per heavy atom. The van der Waals surface area contributed by atoms with E-state index in [4.69, 9.17) is 4.55 Å². The number of hydrogen-bond donors (Lipinski definition) is 1. The molecule has 2 atom stereocenters. The Morgan fingerprint density at radius 1 is 1.17 bits per heavy atom. The van der Waals surface area contributed by atoms with Crippen LogP contribution >= 0.6 is 0 Å². The van der Waals surface area contributed by atoms with Crippen LogP contribution in [0.5, 0.6) is 0 Å². The highest BCUT2D eigenvalue weighted by atomic mass is 32.2. The molecule has 0 aromatic rings. The molecule has 3 rings (SSSR count). The number of hydrogen-bond acceptors (Lipinski definition) is 4. The van der Waals surface area contributed by atoms with E-state index in [0.29, 0.717) is 17.8 Å². The van der Waals surface area contributed by atoms with E-state index in [1.165, 1.54) is 0 Å². The van der Waals surface area contributed by atoms with Gasteiger partial charge in [-0.1, -0.05) is 27.7 Å². The van der Waals surface area contributed by atoms with E-state index in [-0.39, 0.29) is 12.0 Å². The molecule has 140 valence electrons. The zero-order valence-electron chi connectivity index (χ0n) is 14.6. The first kappa shape index (κ1) is 19.6. The van der Waals surface area contributed by atoms with Crippen molar-refractivity contribution in [2.24, 2.45) is 22.2 Å². The predicted octanol–water partition coefficient (Wildman–Crippen LogP) is 3.64. The molecule has 0 radical (unpaired) electrons. The Labute approximate surface area is 141 Å². The number of rotatable bonds is 4. The van der Waals surface area contributed by atoms with Crippen molar-refractivity contribution in [3.05, 3.63) is 0 Å². The van der Waals surface area contributed by atoms with Gasteiger partial charge < -0.3 is 4.74 Å². The topological polar surface area (TPSA) is 80.7 Å². The first-order valence-corrected chi connectivity index (χ1v) is 9.56. The van der Waals surface area contributed by atoms with E-state index in [1.807, 2.05) is 6.92 Å². The number of ether oxygens (including phenoxy) is 1. The van der Waals surface area contributed by atoms with Crippen molar-refractivity contribution < 1.29 is 31.3 Å². The summed E-state index contributed by atoms with van der Waals surface area (Å²) in [6.45, 7) is 8.11. The van der Waals surface area contributed by atoms with Crippen molar-refractivity contribution in [1.82, 2.24) is 0 Å². The summed E-state index contributed by atoms with van der Waals surface area (Å²) in [5.74, 6) is -1.87. The normalized spacial score (nSPS) is 40.2. The van der Waals surface area contributed by atoms with Gasteiger partial charge in [0.05, 0.1) is 6.61 Å². The summed E-state index contributed by atoms with van der Waals surface area (Å²) in [6.07, 6.45) is 4.57. The van der Waals surface area contributed by atoms with Gasteiger partial charge in [0.2, 0.25) is 0 Å². The van der Waals surface area contributed by atoms with E-state index in [2.05, 4.69) is 25.5 Å². The lowest BCUT2D eigenvalue weighted by Crippen LogP contribution is -2.50. The highest BCUT2D eigenvalue weighted by Gasteiger charge is 2.56. The molecule has 3 fully saturated rings. The Hall–Kier alpha value is -0.760. The molecule has 0 heterocycles. The molecule has 2 unspecified atom stereocenters. The van der Waals surface area contributed by atoms with Gasteiger partial charge in [0.1, 0.15) is 0 Å². The smallest absolute Gasteiger partial charge is 0.460 e. The Balaban J connectivity index is 2.09. The van der Waals surface area contributed by atoms with Gasteiger partial charge in [-0.3, -0.25) is 4.55 Å². The maximum absolute atomic E-state index is 13.3. The van der Waals surface area contributed by atoms with Gasteiger partial charge in [-0.15, -0.1) is 0 Å². The molecular weight excluding hydrogens is 342 g/mol. The van der Waals surface area contributed by atoms with Crippen molar-refractivity contribution in [2.75, 3.05) is 6.61 Å². The van der Waals surface area contributed by atoms with Crippen LogP contribution in [0.25, 0.3) is 0 Å². The number of halogens is 2. The lowest BCUT2D eigenvalue weighted by Gasteiger charge is -2.59. The molecule has 0 spiro atoms. The van der Waals surface area contributed by atoms with E-state index in [1.54, 1.807) is 0 Å². The minimum atomic E-state index is -5.83. The fourth-order valence-electron chi connectivity index (χ4n) is 5.67. The second-order valence-electron chi connectivity index (χ2n) is 9.04. The Morgan fingerprint density at radius 2 is 1.71 bits per heavy atom. The molecule has 5 nitrogen and oxygen atoms in total. The summed E-state index contributed by atoms with van der Waals surface area (Å²) in [6, 6.07) is 0. The summed E-state index contributed by atoms with van der Waals surface area (Å²) in [5.41, 5.74) is -0.0906. The highest BCUT2D eigenvalue weighted by molar-refractivity contribution is 7.87. The molecule has 1 N–H and O–H groups in total. The van der Waals surface area contributed by atoms with E-state index in [9.17, 15) is 22.0 Å². The van der Waals surface area contributed by atoms with Gasteiger partial charge >= 0.3 is 21.3 Å². The monoisotopic (exact) mass is 368 g/mol. The maximum atomic E-state index is 13.3. The summed E-state index contributed by atoms with van der Waals surface area (Å²) in [5, 5.41) is -4.93. The van der Waals surface area contributed by atoms with Crippen LogP contribution in [0.1, 0.15) is 59.8 Å². The summed E-state index contributed by atoms with van der Waals surface area (Å²) in [7, 11) is -5.83. The Bertz CT molecular complexity index is 619. The molecule has 0 aliphatic heterocycles. The number of alkyl halides is 2. The van der Waals surface area contributed by atoms with E-state index >= 15 is 0 Å². The van der Waals surface area contributed by atoms with Crippen LogP contribution in [0.3, 0.4) is 0 Å². The fraction of sp³-hybridized carbons (Fsp3) is 0.938. The highest BCUT2D eigenvalue weighted by Crippen LogP contribution is 2.64. The van der Waals surface area contributed by atoms with Crippen LogP contribution in [0.4, 0.5) is 8.78 Å². The number of esters is 1. The minimum Gasteiger partial charge on any atom is -0.460 e. The van der Waals surface area contributed by atoms with Crippen LogP contribution in [0, 0.1) is 22.2 Å². The second-order valence-corrected chi connectivity index (χ2v) is 10.5. The SMILES string of the molecule is CC1CC(C)(COC(=O)C(F)(F)S(=O)(=O)O)CC2(C)CC(C)(C1)C2. The minimum absolute atomic E-state index is 0.0849. The molecule has 3 aliphatic carbocycles. The molecule has 2 bridgehead atoms. The zero-order valence-corrected chi connectivity index (χ0v) is 15.4. The van der Waals surface area contributed by atoms with Gasteiger partial charge in [-0.25, -0.2) is 4.79 Å². The molecule has 0 aromatic heterocycles. The van der Waals surface area contributed by atoms with Gasteiger partial charge in [0.15, 0.2) is 0 Å². The number of carbonyl (C=O) groups excluding carboxylic acids is 1. The standard InChI is InChI=1S/C16H26F2O5S/c1-11-5-13(2)7-15(4,8-13)9-14(3,6-11)10-23-12(19)16(17,18)24(20,21)22/h11H,5-10H2,1-4H3,(H,20,21,22). The number of fused-ring (bicyclic) bond motifs is 4. The average Bonchev–Trinajstić information content (AvgIpc) is 2.29. The van der Waals surface area contributed by atoms with Crippen molar-refractivity contribution in [2.45, 2.75) is 65.1 Å². The second kappa shape index (κ2) is 5.62.